The minimum atomic E-state index is 0.397. The molecule has 0 saturated carbocycles. The second-order valence-electron chi connectivity index (χ2n) is 3.73. The van der Waals surface area contributed by atoms with E-state index >= 15 is 0 Å². The lowest BCUT2D eigenvalue weighted by atomic mass is 10.2. The molecule has 0 saturated heterocycles. The highest BCUT2D eigenvalue weighted by Crippen LogP contribution is 2.16. The van der Waals surface area contributed by atoms with Crippen molar-refractivity contribution in [3.05, 3.63) is 64.6 Å². The van der Waals surface area contributed by atoms with E-state index in [1.165, 1.54) is 0 Å². The van der Waals surface area contributed by atoms with Crippen LogP contribution in [0.4, 0.5) is 5.69 Å². The van der Waals surface area contributed by atoms with E-state index in [2.05, 4.69) is 5.18 Å². The Morgan fingerprint density at radius 3 is 2.22 bits per heavy atom. The molecule has 0 bridgehead atoms. The van der Waals surface area contributed by atoms with Crippen LogP contribution in [0.5, 0.6) is 5.75 Å². The van der Waals surface area contributed by atoms with Gasteiger partial charge in [0.25, 0.3) is 0 Å². The molecule has 0 aromatic heterocycles. The second kappa shape index (κ2) is 5.72. The average molecular weight is 241 g/mol. The number of rotatable bonds is 5. The Labute approximate surface area is 104 Å². The van der Waals surface area contributed by atoms with Crippen molar-refractivity contribution in [3.8, 4) is 5.75 Å². The maximum absolute atomic E-state index is 10.5. The molecule has 2 aromatic carbocycles. The van der Waals surface area contributed by atoms with Gasteiger partial charge in [0.1, 0.15) is 24.3 Å². The summed E-state index contributed by atoms with van der Waals surface area (Å²) in [5.41, 5.74) is 1.96. The molecule has 0 spiro atoms. The molecule has 2 rings (SSSR count). The van der Waals surface area contributed by atoms with E-state index in [1.807, 2.05) is 0 Å². The van der Waals surface area contributed by atoms with Gasteiger partial charge in [0, 0.05) is 5.56 Å². The van der Waals surface area contributed by atoms with Crippen molar-refractivity contribution in [2.45, 2.75) is 6.61 Å². The SMILES string of the molecule is O=Cc1ccc(OCc2ccc(N=O)cc2)cc1. The smallest absolute Gasteiger partial charge is 0.150 e. The summed E-state index contributed by atoms with van der Waals surface area (Å²) < 4.78 is 5.54. The normalized spacial score (nSPS) is 9.78. The molecular weight excluding hydrogens is 230 g/mol. The van der Waals surface area contributed by atoms with Crippen molar-refractivity contribution >= 4 is 12.0 Å². The van der Waals surface area contributed by atoms with Crippen LogP contribution < -0.4 is 4.74 Å². The maximum atomic E-state index is 10.5. The lowest BCUT2D eigenvalue weighted by Gasteiger charge is -2.06. The number of nitrogens with zero attached hydrogens (tertiary/aromatic N) is 1. The van der Waals surface area contributed by atoms with Crippen LogP contribution in [-0.2, 0) is 6.61 Å². The maximum Gasteiger partial charge on any atom is 0.150 e. The Kier molecular flexibility index (Phi) is 3.81. The molecule has 0 aliphatic carbocycles. The van der Waals surface area contributed by atoms with E-state index < -0.39 is 0 Å². The molecule has 2 aromatic rings. The minimum Gasteiger partial charge on any atom is -0.489 e. The van der Waals surface area contributed by atoms with Gasteiger partial charge >= 0.3 is 0 Å². The number of hydrogen-bond donors (Lipinski definition) is 0. The summed E-state index contributed by atoms with van der Waals surface area (Å²) in [6.07, 6.45) is 0.787. The molecule has 0 aliphatic heterocycles. The zero-order valence-corrected chi connectivity index (χ0v) is 9.58. The summed E-state index contributed by atoms with van der Waals surface area (Å²) in [5, 5.41) is 2.83. The Morgan fingerprint density at radius 1 is 1.00 bits per heavy atom. The van der Waals surface area contributed by atoms with Crippen molar-refractivity contribution in [1.29, 1.82) is 0 Å². The fourth-order valence-electron chi connectivity index (χ4n) is 1.46. The van der Waals surface area contributed by atoms with Crippen molar-refractivity contribution in [2.24, 2.45) is 5.18 Å². The van der Waals surface area contributed by atoms with Gasteiger partial charge in [0.15, 0.2) is 0 Å². The van der Waals surface area contributed by atoms with Crippen LogP contribution in [0.2, 0.25) is 0 Å². The molecule has 18 heavy (non-hydrogen) atoms. The van der Waals surface area contributed by atoms with Gasteiger partial charge in [-0.2, -0.15) is 0 Å². The van der Waals surface area contributed by atoms with E-state index in [0.29, 0.717) is 23.6 Å². The lowest BCUT2D eigenvalue weighted by molar-refractivity contribution is 0.112. The monoisotopic (exact) mass is 241 g/mol. The average Bonchev–Trinajstić information content (AvgIpc) is 2.46. The molecule has 90 valence electrons. The van der Waals surface area contributed by atoms with E-state index in [9.17, 15) is 9.70 Å². The number of nitroso groups, excluding NO2 is 1. The topological polar surface area (TPSA) is 55.7 Å². The Hall–Kier alpha value is -2.49. The van der Waals surface area contributed by atoms with Gasteiger partial charge in [0.05, 0.1) is 0 Å². The van der Waals surface area contributed by atoms with Gasteiger partial charge in [-0.25, -0.2) is 0 Å². The summed E-state index contributed by atoms with van der Waals surface area (Å²) in [5.74, 6) is 0.693. The zero-order valence-electron chi connectivity index (χ0n) is 9.58. The molecule has 0 unspecified atom stereocenters. The fourth-order valence-corrected chi connectivity index (χ4v) is 1.46. The van der Waals surface area contributed by atoms with Crippen LogP contribution in [-0.4, -0.2) is 6.29 Å². The van der Waals surface area contributed by atoms with E-state index in [4.69, 9.17) is 4.74 Å². The molecule has 0 atom stereocenters. The van der Waals surface area contributed by atoms with Crippen LogP contribution >= 0.6 is 0 Å². The molecule has 0 heterocycles. The third-order valence-corrected chi connectivity index (χ3v) is 2.46. The first-order valence-electron chi connectivity index (χ1n) is 5.42. The summed E-state index contributed by atoms with van der Waals surface area (Å²) >= 11 is 0. The molecule has 4 nitrogen and oxygen atoms in total. The lowest BCUT2D eigenvalue weighted by Crippen LogP contribution is -1.95. The predicted octanol–water partition coefficient (Wildman–Crippen LogP) is 3.48. The molecule has 0 radical (unpaired) electrons. The first-order valence-corrected chi connectivity index (χ1v) is 5.42. The number of carbonyl (C=O) groups is 1. The van der Waals surface area contributed by atoms with Gasteiger partial charge in [-0.1, -0.05) is 12.1 Å². The molecule has 0 aliphatic rings. The van der Waals surface area contributed by atoms with Gasteiger partial charge in [-0.05, 0) is 47.1 Å². The molecule has 0 N–H and O–H groups in total. The standard InChI is InChI=1S/C14H11NO3/c16-9-11-3-7-14(8-4-11)18-10-12-1-5-13(15-17)6-2-12/h1-9H,10H2. The molecule has 4 heteroatoms. The minimum absolute atomic E-state index is 0.397. The van der Waals surface area contributed by atoms with Crippen LogP contribution in [0.1, 0.15) is 15.9 Å². The van der Waals surface area contributed by atoms with Gasteiger partial charge in [-0.15, -0.1) is 4.91 Å². The quantitative estimate of drug-likeness (QED) is 0.594. The first-order chi connectivity index (χ1) is 8.81. The highest BCUT2D eigenvalue weighted by Gasteiger charge is 1.97. The van der Waals surface area contributed by atoms with Crippen LogP contribution in [0.3, 0.4) is 0 Å². The summed E-state index contributed by atoms with van der Waals surface area (Å²) in [6.45, 7) is 0.402. The third-order valence-electron chi connectivity index (χ3n) is 2.46. The van der Waals surface area contributed by atoms with Crippen LogP contribution in [0.15, 0.2) is 53.7 Å². The Balaban J connectivity index is 1.97. The summed E-state index contributed by atoms with van der Waals surface area (Å²) in [4.78, 5) is 20.7. The van der Waals surface area contributed by atoms with Gasteiger partial charge < -0.3 is 4.74 Å². The zero-order chi connectivity index (χ0) is 12.8. The molecule has 0 fully saturated rings. The highest BCUT2D eigenvalue weighted by atomic mass is 16.5. The number of hydrogen-bond acceptors (Lipinski definition) is 4. The van der Waals surface area contributed by atoms with Crippen molar-refractivity contribution in [3.63, 3.8) is 0 Å². The van der Waals surface area contributed by atoms with Crippen molar-refractivity contribution in [1.82, 2.24) is 0 Å². The summed E-state index contributed by atoms with van der Waals surface area (Å²) in [7, 11) is 0. The summed E-state index contributed by atoms with van der Waals surface area (Å²) in [6, 6.07) is 13.7. The number of ether oxygens (including phenoxy) is 1. The van der Waals surface area contributed by atoms with E-state index in [-0.39, 0.29) is 0 Å². The predicted molar refractivity (Wildman–Crippen MR) is 68.1 cm³/mol. The first kappa shape index (κ1) is 12.0. The highest BCUT2D eigenvalue weighted by molar-refractivity contribution is 5.74. The Bertz CT molecular complexity index is 480. The number of benzene rings is 2. The molecule has 0 amide bonds. The van der Waals surface area contributed by atoms with Gasteiger partial charge in [-0.3, -0.25) is 4.79 Å². The number of carbonyl (C=O) groups excluding carboxylic acids is 1. The van der Waals surface area contributed by atoms with Crippen molar-refractivity contribution < 1.29 is 9.53 Å². The number of aldehydes is 1. The van der Waals surface area contributed by atoms with Crippen LogP contribution in [0, 0.1) is 4.91 Å². The fraction of sp³-hybridized carbons (Fsp3) is 0.0714. The van der Waals surface area contributed by atoms with Gasteiger partial charge in [0.2, 0.25) is 0 Å². The Morgan fingerprint density at radius 2 is 1.67 bits per heavy atom. The second-order valence-corrected chi connectivity index (χ2v) is 3.73. The van der Waals surface area contributed by atoms with Crippen molar-refractivity contribution in [2.75, 3.05) is 0 Å². The van der Waals surface area contributed by atoms with E-state index in [1.54, 1.807) is 48.5 Å². The third kappa shape index (κ3) is 3.01. The van der Waals surface area contributed by atoms with Crippen LogP contribution in [0.25, 0.3) is 0 Å². The van der Waals surface area contributed by atoms with E-state index in [0.717, 1.165) is 11.8 Å². The molecular formula is C14H11NO3. The largest absolute Gasteiger partial charge is 0.489 e.